The first-order valence-corrected chi connectivity index (χ1v) is 12.2. The fraction of sp³-hybridized carbons (Fsp3) is 0.421. The normalized spacial score (nSPS) is 21.4. The van der Waals surface area contributed by atoms with E-state index in [2.05, 4.69) is 14.9 Å². The molecule has 1 aromatic carbocycles. The highest BCUT2D eigenvalue weighted by Crippen LogP contribution is 2.34. The van der Waals surface area contributed by atoms with Crippen molar-refractivity contribution in [2.24, 2.45) is 0 Å². The van der Waals surface area contributed by atoms with Crippen LogP contribution in [-0.4, -0.2) is 66.9 Å². The second-order valence-electron chi connectivity index (χ2n) is 7.24. The number of piperidine rings is 1. The van der Waals surface area contributed by atoms with Gasteiger partial charge in [-0.05, 0) is 36.4 Å². The van der Waals surface area contributed by atoms with Crippen LogP contribution in [0.5, 0.6) is 0 Å². The number of carbonyl (C=O) groups excluding carboxylic acids is 1. The Morgan fingerprint density at radius 2 is 1.86 bits per heavy atom. The Kier molecular flexibility index (Phi) is 5.05. The van der Waals surface area contributed by atoms with E-state index in [1.54, 1.807) is 30.5 Å². The molecular formula is C19H22N4O3S2. The molecule has 3 saturated heterocycles. The van der Waals surface area contributed by atoms with Gasteiger partial charge in [0.05, 0.1) is 23.4 Å². The van der Waals surface area contributed by atoms with Gasteiger partial charge in [-0.2, -0.15) is 0 Å². The van der Waals surface area contributed by atoms with Gasteiger partial charge in [0.15, 0.2) is 15.0 Å². The first-order chi connectivity index (χ1) is 13.3. The maximum atomic E-state index is 12.8. The number of sulfone groups is 1. The zero-order chi connectivity index (χ0) is 19.9. The molecule has 1 aromatic heterocycles. The van der Waals surface area contributed by atoms with Gasteiger partial charge in [0.25, 0.3) is 0 Å². The molecule has 9 heteroatoms. The molecule has 1 amide bonds. The zero-order valence-corrected chi connectivity index (χ0v) is 17.4. The summed E-state index contributed by atoms with van der Waals surface area (Å²) in [7, 11) is -3.22. The maximum absolute atomic E-state index is 12.8. The Morgan fingerprint density at radius 1 is 1.18 bits per heavy atom. The van der Waals surface area contributed by atoms with Crippen LogP contribution in [0.2, 0.25) is 0 Å². The van der Waals surface area contributed by atoms with Gasteiger partial charge in [-0.25, -0.2) is 18.4 Å². The van der Waals surface area contributed by atoms with Crippen LogP contribution < -0.4 is 4.90 Å². The van der Waals surface area contributed by atoms with Gasteiger partial charge < -0.3 is 9.80 Å². The first kappa shape index (κ1) is 19.2. The van der Waals surface area contributed by atoms with Gasteiger partial charge in [-0.1, -0.05) is 23.9 Å². The molecule has 4 heterocycles. The van der Waals surface area contributed by atoms with E-state index in [4.69, 9.17) is 0 Å². The van der Waals surface area contributed by atoms with Gasteiger partial charge in [0.2, 0.25) is 5.91 Å². The van der Waals surface area contributed by atoms with E-state index in [9.17, 15) is 13.2 Å². The van der Waals surface area contributed by atoms with Gasteiger partial charge in [-0.3, -0.25) is 4.79 Å². The number of thioether (sulfide) groups is 1. The van der Waals surface area contributed by atoms with Gasteiger partial charge >= 0.3 is 0 Å². The third-order valence-electron chi connectivity index (χ3n) is 5.31. The number of aromatic nitrogens is 2. The van der Waals surface area contributed by atoms with E-state index in [1.165, 1.54) is 18.0 Å². The molecule has 2 bridgehead atoms. The molecule has 5 rings (SSSR count). The van der Waals surface area contributed by atoms with E-state index in [0.717, 1.165) is 36.0 Å². The predicted octanol–water partition coefficient (Wildman–Crippen LogP) is 1.63. The van der Waals surface area contributed by atoms with Crippen LogP contribution in [0, 0.1) is 0 Å². The van der Waals surface area contributed by atoms with E-state index >= 15 is 0 Å². The molecule has 7 nitrogen and oxygen atoms in total. The summed E-state index contributed by atoms with van der Waals surface area (Å²) in [6, 6.07) is 8.90. The molecule has 0 aliphatic carbocycles. The van der Waals surface area contributed by atoms with Crippen molar-refractivity contribution in [2.75, 3.05) is 30.5 Å². The number of benzene rings is 1. The number of anilines is 1. The molecule has 3 aliphatic rings. The van der Waals surface area contributed by atoms with E-state index in [0.29, 0.717) is 6.42 Å². The summed E-state index contributed by atoms with van der Waals surface area (Å²) in [4.78, 5) is 26.1. The fourth-order valence-corrected chi connectivity index (χ4v) is 4.91. The lowest BCUT2D eigenvalue weighted by Gasteiger charge is -2.56. The molecule has 3 aliphatic heterocycles. The molecule has 28 heavy (non-hydrogen) atoms. The third kappa shape index (κ3) is 3.73. The Balaban J connectivity index is 1.40. The number of hydrogen-bond acceptors (Lipinski definition) is 7. The Hall–Kier alpha value is -2.13. The average molecular weight is 419 g/mol. The van der Waals surface area contributed by atoms with E-state index < -0.39 is 9.84 Å². The summed E-state index contributed by atoms with van der Waals surface area (Å²) in [6.07, 6.45) is 6.23. The fourth-order valence-electron chi connectivity index (χ4n) is 3.93. The summed E-state index contributed by atoms with van der Waals surface area (Å²) in [6.45, 7) is 1.56. The summed E-state index contributed by atoms with van der Waals surface area (Å²) >= 11 is 1.52. The van der Waals surface area contributed by atoms with Crippen molar-refractivity contribution in [3.05, 3.63) is 42.1 Å². The SMILES string of the molecule is CSc1nccc(N2CC3CC(C2)N3C(=O)Cc2ccc(S(C)(=O)=O)cc2)n1. The van der Waals surface area contributed by atoms with Crippen molar-refractivity contribution in [1.82, 2.24) is 14.9 Å². The standard InChI is InChI=1S/C19H22N4O3S2/c1-27-19-20-8-7-17(21-19)22-11-14-10-15(12-22)23(14)18(24)9-13-3-5-16(6-4-13)28(2,25)26/h3-8,14-15H,9-12H2,1-2H3. The van der Waals surface area contributed by atoms with Crippen molar-refractivity contribution in [3.63, 3.8) is 0 Å². The Morgan fingerprint density at radius 3 is 2.46 bits per heavy atom. The number of hydrogen-bond donors (Lipinski definition) is 0. The average Bonchev–Trinajstić information content (AvgIpc) is 2.67. The topological polar surface area (TPSA) is 83.5 Å². The number of amides is 1. The number of carbonyl (C=O) groups is 1. The highest BCUT2D eigenvalue weighted by atomic mass is 32.2. The van der Waals surface area contributed by atoms with Crippen LogP contribution >= 0.6 is 11.8 Å². The molecule has 2 aromatic rings. The highest BCUT2D eigenvalue weighted by Gasteiger charge is 2.47. The van der Waals surface area contributed by atoms with E-state index in [1.807, 2.05) is 17.2 Å². The van der Waals surface area contributed by atoms with Crippen LogP contribution in [0.4, 0.5) is 5.82 Å². The molecule has 0 saturated carbocycles. The van der Waals surface area contributed by atoms with Crippen LogP contribution in [0.25, 0.3) is 0 Å². The largest absolute Gasteiger partial charge is 0.352 e. The minimum atomic E-state index is -3.22. The lowest BCUT2D eigenvalue weighted by atomic mass is 9.86. The summed E-state index contributed by atoms with van der Waals surface area (Å²) in [5, 5.41) is 0.752. The smallest absolute Gasteiger partial charge is 0.227 e. The second kappa shape index (κ2) is 7.36. The predicted molar refractivity (Wildman–Crippen MR) is 108 cm³/mol. The van der Waals surface area contributed by atoms with Crippen molar-refractivity contribution in [3.8, 4) is 0 Å². The molecule has 2 unspecified atom stereocenters. The number of nitrogens with zero attached hydrogens (tertiary/aromatic N) is 4. The van der Waals surface area contributed by atoms with Crippen molar-refractivity contribution >= 4 is 33.3 Å². The van der Waals surface area contributed by atoms with Crippen LogP contribution in [-0.2, 0) is 21.1 Å². The van der Waals surface area contributed by atoms with Crippen molar-refractivity contribution in [2.45, 2.75) is 35.0 Å². The molecule has 148 valence electrons. The van der Waals surface area contributed by atoms with Crippen LogP contribution in [0.3, 0.4) is 0 Å². The molecule has 2 atom stereocenters. The molecule has 0 spiro atoms. The number of rotatable bonds is 5. The summed E-state index contributed by atoms with van der Waals surface area (Å²) in [5.41, 5.74) is 0.833. The van der Waals surface area contributed by atoms with Gasteiger partial charge in [0, 0.05) is 25.5 Å². The van der Waals surface area contributed by atoms with Crippen molar-refractivity contribution in [1.29, 1.82) is 0 Å². The molecule has 0 radical (unpaired) electrons. The molecule has 0 N–H and O–H groups in total. The Bertz CT molecular complexity index is 982. The first-order valence-electron chi connectivity index (χ1n) is 9.07. The monoisotopic (exact) mass is 418 g/mol. The van der Waals surface area contributed by atoms with Crippen molar-refractivity contribution < 1.29 is 13.2 Å². The lowest BCUT2D eigenvalue weighted by Crippen LogP contribution is -2.70. The van der Waals surface area contributed by atoms with Gasteiger partial charge in [0.1, 0.15) is 5.82 Å². The van der Waals surface area contributed by atoms with Gasteiger partial charge in [-0.15, -0.1) is 0 Å². The molecular weight excluding hydrogens is 396 g/mol. The summed E-state index contributed by atoms with van der Waals surface area (Å²) in [5.74, 6) is 1.01. The maximum Gasteiger partial charge on any atom is 0.227 e. The number of fused-ring (bicyclic) bond motifs is 2. The lowest BCUT2D eigenvalue weighted by molar-refractivity contribution is -0.145. The number of piperazine rings is 1. The highest BCUT2D eigenvalue weighted by molar-refractivity contribution is 7.98. The van der Waals surface area contributed by atoms with Crippen LogP contribution in [0.1, 0.15) is 12.0 Å². The van der Waals surface area contributed by atoms with Crippen LogP contribution in [0.15, 0.2) is 46.6 Å². The quantitative estimate of drug-likeness (QED) is 0.539. The molecule has 3 fully saturated rings. The zero-order valence-electron chi connectivity index (χ0n) is 15.8. The second-order valence-corrected chi connectivity index (χ2v) is 10.0. The minimum absolute atomic E-state index is 0.0977. The third-order valence-corrected chi connectivity index (χ3v) is 7.00. The minimum Gasteiger partial charge on any atom is -0.352 e. The Labute approximate surface area is 169 Å². The summed E-state index contributed by atoms with van der Waals surface area (Å²) < 4.78 is 23.1. The van der Waals surface area contributed by atoms with E-state index in [-0.39, 0.29) is 22.9 Å².